The van der Waals surface area contributed by atoms with Crippen molar-refractivity contribution in [3.8, 4) is 5.75 Å². The first kappa shape index (κ1) is 15.3. The van der Waals surface area contributed by atoms with E-state index in [9.17, 15) is 5.11 Å². The lowest BCUT2D eigenvalue weighted by Gasteiger charge is -2.30. The van der Waals surface area contributed by atoms with Crippen LogP contribution in [0.15, 0.2) is 12.1 Å². The van der Waals surface area contributed by atoms with E-state index < -0.39 is 0 Å². The van der Waals surface area contributed by atoms with Gasteiger partial charge in [-0.15, -0.1) is 0 Å². The number of nitrogens with zero attached hydrogens (tertiary/aromatic N) is 2. The molecule has 1 aromatic rings. The Morgan fingerprint density at radius 1 is 1.45 bits per heavy atom. The van der Waals surface area contributed by atoms with Gasteiger partial charge in [0.1, 0.15) is 5.75 Å². The van der Waals surface area contributed by atoms with Crippen molar-refractivity contribution in [2.75, 3.05) is 26.2 Å². The summed E-state index contributed by atoms with van der Waals surface area (Å²) in [5, 5.41) is 13.4. The Kier molecular flexibility index (Phi) is 5.80. The zero-order valence-electron chi connectivity index (χ0n) is 12.7. The molecule has 0 aliphatic carbocycles. The van der Waals surface area contributed by atoms with Crippen LogP contribution in [0.2, 0.25) is 0 Å². The highest BCUT2D eigenvalue weighted by Crippen LogP contribution is 2.19. The third-order valence-corrected chi connectivity index (χ3v) is 3.92. The first-order valence-electron chi connectivity index (χ1n) is 7.77. The molecule has 2 rings (SSSR count). The number of nitrogens with one attached hydrogen (secondary N) is 1. The van der Waals surface area contributed by atoms with Gasteiger partial charge in [0.2, 0.25) is 0 Å². The quantitative estimate of drug-likeness (QED) is 0.838. The Labute approximate surface area is 122 Å². The average Bonchev–Trinajstić information content (AvgIpc) is 2.44. The molecule has 1 fully saturated rings. The number of rotatable bonds is 6. The number of hydrogen-bond acceptors (Lipinski definition) is 4. The van der Waals surface area contributed by atoms with Crippen LogP contribution in [0.1, 0.15) is 37.6 Å². The molecular formula is C16H27N3O. The van der Waals surface area contributed by atoms with Crippen LogP contribution in [0, 0.1) is 12.8 Å². The molecule has 1 aromatic heterocycles. The molecule has 4 nitrogen and oxygen atoms in total. The molecule has 1 aliphatic rings. The predicted molar refractivity (Wildman–Crippen MR) is 81.8 cm³/mol. The lowest BCUT2D eigenvalue weighted by Crippen LogP contribution is -2.38. The van der Waals surface area contributed by atoms with E-state index in [2.05, 4.69) is 22.1 Å². The molecule has 2 heterocycles. The highest BCUT2D eigenvalue weighted by molar-refractivity contribution is 5.27. The van der Waals surface area contributed by atoms with Gasteiger partial charge in [0, 0.05) is 18.8 Å². The van der Waals surface area contributed by atoms with E-state index in [1.165, 1.54) is 12.8 Å². The fraction of sp³-hybridized carbons (Fsp3) is 0.688. The van der Waals surface area contributed by atoms with Gasteiger partial charge < -0.3 is 10.4 Å². The number of aryl methyl sites for hydroxylation is 1. The van der Waals surface area contributed by atoms with Crippen LogP contribution in [0.3, 0.4) is 0 Å². The van der Waals surface area contributed by atoms with Crippen LogP contribution in [0.25, 0.3) is 0 Å². The molecule has 0 aromatic carbocycles. The maximum atomic E-state index is 9.96. The predicted octanol–water partition coefficient (Wildman–Crippen LogP) is 2.31. The van der Waals surface area contributed by atoms with Crippen molar-refractivity contribution in [2.24, 2.45) is 5.92 Å². The molecular weight excluding hydrogens is 250 g/mol. The second-order valence-electron chi connectivity index (χ2n) is 5.87. The van der Waals surface area contributed by atoms with Crippen LogP contribution >= 0.6 is 0 Å². The van der Waals surface area contributed by atoms with Gasteiger partial charge in [0.05, 0.1) is 5.69 Å². The maximum absolute atomic E-state index is 9.96. The Hall–Kier alpha value is -1.13. The number of aromatic hydroxyl groups is 1. The van der Waals surface area contributed by atoms with Crippen LogP contribution in [0.4, 0.5) is 0 Å². The summed E-state index contributed by atoms with van der Waals surface area (Å²) < 4.78 is 0. The van der Waals surface area contributed by atoms with Crippen LogP contribution in [-0.4, -0.2) is 41.2 Å². The molecule has 0 spiro atoms. The normalized spacial score (nSPS) is 19.4. The van der Waals surface area contributed by atoms with Crippen molar-refractivity contribution in [1.82, 2.24) is 15.2 Å². The van der Waals surface area contributed by atoms with E-state index in [1.807, 2.05) is 13.0 Å². The van der Waals surface area contributed by atoms with E-state index in [4.69, 9.17) is 0 Å². The highest BCUT2D eigenvalue weighted by atomic mass is 16.3. The van der Waals surface area contributed by atoms with Gasteiger partial charge in [-0.2, -0.15) is 0 Å². The van der Waals surface area contributed by atoms with E-state index in [0.717, 1.165) is 56.5 Å². The minimum absolute atomic E-state index is 0.318. The number of pyridine rings is 1. The fourth-order valence-corrected chi connectivity index (χ4v) is 2.93. The zero-order chi connectivity index (χ0) is 14.4. The van der Waals surface area contributed by atoms with Gasteiger partial charge in [0.25, 0.3) is 0 Å². The number of hydrogen-bond donors (Lipinski definition) is 2. The van der Waals surface area contributed by atoms with Crippen molar-refractivity contribution in [3.63, 3.8) is 0 Å². The smallest absolute Gasteiger partial charge is 0.138 e. The largest absolute Gasteiger partial charge is 0.506 e. The molecule has 1 aliphatic heterocycles. The van der Waals surface area contributed by atoms with Crippen molar-refractivity contribution in [2.45, 2.75) is 39.7 Å². The topological polar surface area (TPSA) is 48.4 Å². The summed E-state index contributed by atoms with van der Waals surface area (Å²) in [5.74, 6) is 1.04. The summed E-state index contributed by atoms with van der Waals surface area (Å²) in [7, 11) is 0. The van der Waals surface area contributed by atoms with Gasteiger partial charge in [0.15, 0.2) is 0 Å². The Morgan fingerprint density at radius 2 is 2.30 bits per heavy atom. The standard InChI is InChI=1S/C16H27N3O/c1-3-9-19(11-14-5-4-8-17-10-14)12-15-16(20)7-6-13(2)18-15/h6-7,14,17,20H,3-5,8-12H2,1-2H3. The molecule has 0 bridgehead atoms. The summed E-state index contributed by atoms with van der Waals surface area (Å²) in [4.78, 5) is 6.91. The minimum atomic E-state index is 0.318. The van der Waals surface area contributed by atoms with Crippen LogP contribution < -0.4 is 5.32 Å². The van der Waals surface area contributed by atoms with Gasteiger partial charge in [-0.25, -0.2) is 0 Å². The summed E-state index contributed by atoms with van der Waals surface area (Å²) >= 11 is 0. The van der Waals surface area contributed by atoms with Gasteiger partial charge in [-0.05, 0) is 63.9 Å². The first-order chi connectivity index (χ1) is 9.69. The van der Waals surface area contributed by atoms with E-state index >= 15 is 0 Å². The second kappa shape index (κ2) is 7.60. The summed E-state index contributed by atoms with van der Waals surface area (Å²) in [6.45, 7) is 9.35. The first-order valence-corrected chi connectivity index (χ1v) is 7.77. The lowest BCUT2D eigenvalue weighted by atomic mass is 9.99. The molecule has 1 unspecified atom stereocenters. The molecule has 112 valence electrons. The number of piperidine rings is 1. The summed E-state index contributed by atoms with van der Waals surface area (Å²) in [5.41, 5.74) is 1.77. The van der Waals surface area contributed by atoms with Crippen molar-refractivity contribution >= 4 is 0 Å². The monoisotopic (exact) mass is 277 g/mol. The van der Waals surface area contributed by atoms with Crippen molar-refractivity contribution < 1.29 is 5.11 Å². The van der Waals surface area contributed by atoms with Crippen molar-refractivity contribution in [3.05, 3.63) is 23.5 Å². The van der Waals surface area contributed by atoms with E-state index in [-0.39, 0.29) is 0 Å². The molecule has 0 amide bonds. The summed E-state index contributed by atoms with van der Waals surface area (Å²) in [6.07, 6.45) is 3.71. The van der Waals surface area contributed by atoms with Crippen molar-refractivity contribution in [1.29, 1.82) is 0 Å². The third-order valence-electron chi connectivity index (χ3n) is 3.92. The van der Waals surface area contributed by atoms with Gasteiger partial charge >= 0.3 is 0 Å². The molecule has 2 N–H and O–H groups in total. The Balaban J connectivity index is 1.98. The average molecular weight is 277 g/mol. The van der Waals surface area contributed by atoms with E-state index in [1.54, 1.807) is 6.07 Å². The van der Waals surface area contributed by atoms with Crippen LogP contribution in [-0.2, 0) is 6.54 Å². The Morgan fingerprint density at radius 3 is 3.00 bits per heavy atom. The molecule has 4 heteroatoms. The fourth-order valence-electron chi connectivity index (χ4n) is 2.93. The molecule has 1 atom stereocenters. The lowest BCUT2D eigenvalue weighted by molar-refractivity contribution is 0.197. The molecule has 0 radical (unpaired) electrons. The summed E-state index contributed by atoms with van der Waals surface area (Å²) in [6, 6.07) is 3.61. The number of aromatic nitrogens is 1. The Bertz CT molecular complexity index is 416. The maximum Gasteiger partial charge on any atom is 0.138 e. The van der Waals surface area contributed by atoms with Gasteiger partial charge in [-0.1, -0.05) is 6.92 Å². The SMILES string of the molecule is CCCN(Cc1nc(C)ccc1O)CC1CCCNC1. The van der Waals surface area contributed by atoms with Gasteiger partial charge in [-0.3, -0.25) is 9.88 Å². The molecule has 1 saturated heterocycles. The molecule has 0 saturated carbocycles. The van der Waals surface area contributed by atoms with E-state index in [0.29, 0.717) is 5.75 Å². The minimum Gasteiger partial charge on any atom is -0.506 e. The zero-order valence-corrected chi connectivity index (χ0v) is 12.7. The van der Waals surface area contributed by atoms with Crippen LogP contribution in [0.5, 0.6) is 5.75 Å². The third kappa shape index (κ3) is 4.46. The molecule has 20 heavy (non-hydrogen) atoms. The second-order valence-corrected chi connectivity index (χ2v) is 5.87. The highest BCUT2D eigenvalue weighted by Gasteiger charge is 2.18.